The van der Waals surface area contributed by atoms with Gasteiger partial charge in [0.15, 0.2) is 0 Å². The van der Waals surface area contributed by atoms with Crippen LogP contribution in [0.4, 0.5) is 0 Å². The molecule has 1 aliphatic rings. The lowest BCUT2D eigenvalue weighted by Gasteiger charge is -2.22. The summed E-state index contributed by atoms with van der Waals surface area (Å²) in [6.07, 6.45) is 0. The van der Waals surface area contributed by atoms with E-state index >= 15 is 0 Å². The lowest BCUT2D eigenvalue weighted by Crippen LogP contribution is -2.15. The molecule has 0 radical (unpaired) electrons. The van der Waals surface area contributed by atoms with Crippen LogP contribution in [0.2, 0.25) is 0 Å². The van der Waals surface area contributed by atoms with Crippen molar-refractivity contribution < 1.29 is 0 Å². The molecule has 0 N–H and O–H groups in total. The molecule has 8 rings (SSSR count). The van der Waals surface area contributed by atoms with Crippen LogP contribution in [0.3, 0.4) is 0 Å². The number of hydrogen-bond acceptors (Lipinski definition) is 0. The topological polar surface area (TPSA) is 4.93 Å². The van der Waals surface area contributed by atoms with Gasteiger partial charge in [-0.1, -0.05) is 98.8 Å². The van der Waals surface area contributed by atoms with E-state index in [2.05, 4.69) is 148 Å². The summed E-state index contributed by atoms with van der Waals surface area (Å²) < 4.78 is 2.48. The van der Waals surface area contributed by atoms with E-state index in [0.29, 0.717) is 0 Å². The van der Waals surface area contributed by atoms with Crippen LogP contribution >= 0.6 is 0 Å². The first kappa shape index (κ1) is 23.3. The molecule has 0 spiro atoms. The van der Waals surface area contributed by atoms with Crippen LogP contribution in [-0.2, 0) is 5.41 Å². The first-order chi connectivity index (χ1) is 19.4. The number of nitrogens with zero attached hydrogens (tertiary/aromatic N) is 1. The first-order valence-corrected chi connectivity index (χ1v) is 14.2. The van der Waals surface area contributed by atoms with Gasteiger partial charge in [-0.3, -0.25) is 0 Å². The van der Waals surface area contributed by atoms with E-state index in [1.807, 2.05) is 0 Å². The Hall–Kier alpha value is -4.62. The standard InChI is InChI=1S/C39H31N/c1-24-11-5-6-12-28(24)29-19-17-26-21-34-32-14-8-10-16-37(32)40(38(34)23-33(26)25(29)2)27-18-20-31-30-13-7-9-15-35(30)39(3,4)36(31)22-27/h5-23H,1-4H3. The Morgan fingerprint density at radius 1 is 0.500 bits per heavy atom. The quantitative estimate of drug-likeness (QED) is 0.217. The summed E-state index contributed by atoms with van der Waals surface area (Å²) in [7, 11) is 0. The Bertz CT molecular complexity index is 2150. The molecule has 0 saturated heterocycles. The van der Waals surface area contributed by atoms with Crippen molar-refractivity contribution in [1.29, 1.82) is 0 Å². The normalized spacial score (nSPS) is 13.7. The van der Waals surface area contributed by atoms with Crippen LogP contribution in [0.25, 0.3) is 60.5 Å². The van der Waals surface area contributed by atoms with Gasteiger partial charge in [-0.25, -0.2) is 0 Å². The Kier molecular flexibility index (Phi) is 4.77. The Morgan fingerprint density at radius 3 is 2.05 bits per heavy atom. The third-order valence-electron chi connectivity index (χ3n) is 9.34. The van der Waals surface area contributed by atoms with Crippen molar-refractivity contribution in [3.63, 3.8) is 0 Å². The van der Waals surface area contributed by atoms with Gasteiger partial charge < -0.3 is 4.57 Å². The highest BCUT2D eigenvalue weighted by molar-refractivity contribution is 6.14. The SMILES string of the molecule is Cc1ccccc1-c1ccc2cc3c4ccccc4n(-c4ccc5c(c4)C(C)(C)c4ccccc4-5)c3cc2c1C. The summed E-state index contributed by atoms with van der Waals surface area (Å²) in [6.45, 7) is 9.19. The highest BCUT2D eigenvalue weighted by Gasteiger charge is 2.35. The largest absolute Gasteiger partial charge is 0.309 e. The molecule has 0 atom stereocenters. The average Bonchev–Trinajstić information content (AvgIpc) is 3.41. The maximum absolute atomic E-state index is 2.48. The molecule has 6 aromatic carbocycles. The van der Waals surface area contributed by atoms with Crippen molar-refractivity contribution in [3.05, 3.63) is 138 Å². The van der Waals surface area contributed by atoms with Gasteiger partial charge in [-0.15, -0.1) is 0 Å². The molecule has 1 aromatic heterocycles. The molecule has 1 aliphatic carbocycles. The second-order valence-corrected chi connectivity index (χ2v) is 11.9. The van der Waals surface area contributed by atoms with Gasteiger partial charge in [-0.05, 0) is 99.5 Å². The maximum Gasteiger partial charge on any atom is 0.0547 e. The second kappa shape index (κ2) is 8.19. The Labute approximate surface area is 235 Å². The van der Waals surface area contributed by atoms with E-state index in [0.717, 1.165) is 0 Å². The minimum atomic E-state index is -0.0353. The first-order valence-electron chi connectivity index (χ1n) is 14.2. The molecular weight excluding hydrogens is 482 g/mol. The van der Waals surface area contributed by atoms with E-state index in [9.17, 15) is 0 Å². The molecule has 0 fully saturated rings. The number of para-hydroxylation sites is 1. The highest BCUT2D eigenvalue weighted by atomic mass is 15.0. The zero-order valence-corrected chi connectivity index (χ0v) is 23.4. The van der Waals surface area contributed by atoms with Crippen LogP contribution < -0.4 is 0 Å². The van der Waals surface area contributed by atoms with E-state index in [1.54, 1.807) is 0 Å². The number of rotatable bonds is 2. The molecular formula is C39H31N. The summed E-state index contributed by atoms with van der Waals surface area (Å²) in [5.74, 6) is 0. The summed E-state index contributed by atoms with van der Waals surface area (Å²) in [5, 5.41) is 5.19. The average molecular weight is 514 g/mol. The van der Waals surface area contributed by atoms with Gasteiger partial charge in [0.1, 0.15) is 0 Å². The molecule has 1 nitrogen and oxygen atoms in total. The molecule has 7 aromatic rings. The third kappa shape index (κ3) is 3.09. The Morgan fingerprint density at radius 2 is 1.20 bits per heavy atom. The van der Waals surface area contributed by atoms with Gasteiger partial charge in [-0.2, -0.15) is 0 Å². The number of aromatic nitrogens is 1. The van der Waals surface area contributed by atoms with E-state index in [1.165, 1.54) is 82.8 Å². The molecule has 0 saturated carbocycles. The monoisotopic (exact) mass is 513 g/mol. The fraction of sp³-hybridized carbons (Fsp3) is 0.128. The van der Waals surface area contributed by atoms with Crippen LogP contribution in [0.5, 0.6) is 0 Å². The fourth-order valence-corrected chi connectivity index (χ4v) is 7.21. The lowest BCUT2D eigenvalue weighted by atomic mass is 9.82. The van der Waals surface area contributed by atoms with Crippen molar-refractivity contribution in [1.82, 2.24) is 4.57 Å². The molecule has 1 heterocycles. The van der Waals surface area contributed by atoms with Crippen LogP contribution in [-0.4, -0.2) is 4.57 Å². The van der Waals surface area contributed by atoms with Crippen molar-refractivity contribution in [3.8, 4) is 27.9 Å². The third-order valence-corrected chi connectivity index (χ3v) is 9.34. The fourth-order valence-electron chi connectivity index (χ4n) is 7.21. The summed E-state index contributed by atoms with van der Waals surface area (Å²) in [6, 6.07) is 42.9. The van der Waals surface area contributed by atoms with Crippen molar-refractivity contribution in [2.75, 3.05) is 0 Å². The minimum absolute atomic E-state index is 0.0353. The summed E-state index contributed by atoms with van der Waals surface area (Å²) in [5.41, 5.74) is 14.5. The van der Waals surface area contributed by atoms with E-state index in [4.69, 9.17) is 0 Å². The smallest absolute Gasteiger partial charge is 0.0547 e. The van der Waals surface area contributed by atoms with Gasteiger partial charge in [0.05, 0.1) is 11.0 Å². The molecule has 0 amide bonds. The van der Waals surface area contributed by atoms with Gasteiger partial charge in [0.2, 0.25) is 0 Å². The number of hydrogen-bond donors (Lipinski definition) is 0. The molecule has 40 heavy (non-hydrogen) atoms. The number of aryl methyl sites for hydroxylation is 2. The molecule has 192 valence electrons. The number of benzene rings is 6. The maximum atomic E-state index is 2.48. The predicted molar refractivity (Wildman–Crippen MR) is 171 cm³/mol. The summed E-state index contributed by atoms with van der Waals surface area (Å²) in [4.78, 5) is 0. The Balaban J connectivity index is 1.42. The van der Waals surface area contributed by atoms with Crippen molar-refractivity contribution in [2.24, 2.45) is 0 Å². The zero-order chi connectivity index (χ0) is 27.2. The molecule has 0 unspecified atom stereocenters. The van der Waals surface area contributed by atoms with Crippen molar-refractivity contribution >= 4 is 32.6 Å². The predicted octanol–water partition coefficient (Wildman–Crippen LogP) is 10.5. The van der Waals surface area contributed by atoms with Crippen LogP contribution in [0.15, 0.2) is 115 Å². The minimum Gasteiger partial charge on any atom is -0.309 e. The summed E-state index contributed by atoms with van der Waals surface area (Å²) >= 11 is 0. The van der Waals surface area contributed by atoms with Crippen molar-refractivity contribution in [2.45, 2.75) is 33.1 Å². The van der Waals surface area contributed by atoms with Crippen LogP contribution in [0.1, 0.15) is 36.1 Å². The van der Waals surface area contributed by atoms with Crippen LogP contribution in [0, 0.1) is 13.8 Å². The molecule has 0 aliphatic heterocycles. The molecule has 0 bridgehead atoms. The number of fused-ring (bicyclic) bond motifs is 7. The lowest BCUT2D eigenvalue weighted by molar-refractivity contribution is 0.660. The van der Waals surface area contributed by atoms with Gasteiger partial charge in [0, 0.05) is 21.9 Å². The van der Waals surface area contributed by atoms with E-state index < -0.39 is 0 Å². The molecule has 1 heteroatoms. The van der Waals surface area contributed by atoms with Gasteiger partial charge >= 0.3 is 0 Å². The highest BCUT2D eigenvalue weighted by Crippen LogP contribution is 2.49. The zero-order valence-electron chi connectivity index (χ0n) is 23.4. The van der Waals surface area contributed by atoms with E-state index in [-0.39, 0.29) is 5.41 Å². The van der Waals surface area contributed by atoms with Gasteiger partial charge in [0.25, 0.3) is 0 Å². The second-order valence-electron chi connectivity index (χ2n) is 11.9.